The first-order valence-electron chi connectivity index (χ1n) is 9.15. The molecule has 15 heteroatoms. The van der Waals surface area contributed by atoms with Gasteiger partial charge in [0.25, 0.3) is 5.91 Å². The topological polar surface area (TPSA) is 111 Å². The number of alkyl halides is 6. The lowest BCUT2D eigenvalue weighted by Gasteiger charge is -2.16. The summed E-state index contributed by atoms with van der Waals surface area (Å²) in [7, 11) is 3.44. The van der Waals surface area contributed by atoms with Crippen molar-refractivity contribution in [1.29, 1.82) is 0 Å². The third-order valence-corrected chi connectivity index (χ3v) is 4.23. The van der Waals surface area contributed by atoms with Crippen LogP contribution in [0.15, 0.2) is 24.5 Å². The number of ether oxygens (including phenoxy) is 1. The normalized spacial score (nSPS) is 12.4. The molecule has 3 rings (SSSR count). The molecule has 9 nitrogen and oxygen atoms in total. The zero-order valence-electron chi connectivity index (χ0n) is 17.1. The van der Waals surface area contributed by atoms with Gasteiger partial charge in [-0.25, -0.2) is 14.5 Å². The molecule has 0 saturated heterocycles. The minimum atomic E-state index is -4.79. The van der Waals surface area contributed by atoms with E-state index in [1.54, 1.807) is 19.0 Å². The second-order valence-corrected chi connectivity index (χ2v) is 7.01. The summed E-state index contributed by atoms with van der Waals surface area (Å²) in [5.41, 5.74) is 1.90. The first-order chi connectivity index (χ1) is 15.3. The lowest BCUT2D eigenvalue weighted by Crippen LogP contribution is -2.21. The van der Waals surface area contributed by atoms with E-state index in [4.69, 9.17) is 10.5 Å². The Kier molecular flexibility index (Phi) is 6.35. The number of anilines is 2. The molecule has 0 aromatic carbocycles. The smallest absolute Gasteiger partial charge is 0.433 e. The van der Waals surface area contributed by atoms with Gasteiger partial charge in [-0.05, 0) is 20.2 Å². The largest absolute Gasteiger partial charge is 0.490 e. The zero-order valence-corrected chi connectivity index (χ0v) is 17.1. The van der Waals surface area contributed by atoms with Gasteiger partial charge in [-0.3, -0.25) is 4.79 Å². The van der Waals surface area contributed by atoms with E-state index in [2.05, 4.69) is 20.4 Å². The average Bonchev–Trinajstić information content (AvgIpc) is 3.02. The molecule has 0 unspecified atom stereocenters. The van der Waals surface area contributed by atoms with Crippen LogP contribution in [0.4, 0.5) is 37.8 Å². The van der Waals surface area contributed by atoms with Crippen molar-refractivity contribution >= 4 is 23.1 Å². The molecular formula is C18H17F6N7O2. The van der Waals surface area contributed by atoms with Gasteiger partial charge in [0.05, 0.1) is 6.20 Å². The summed E-state index contributed by atoms with van der Waals surface area (Å²) >= 11 is 0. The maximum absolute atomic E-state index is 13.1. The van der Waals surface area contributed by atoms with E-state index in [1.807, 2.05) is 0 Å². The van der Waals surface area contributed by atoms with Crippen LogP contribution in [0.3, 0.4) is 0 Å². The number of amides is 1. The molecule has 0 saturated carbocycles. The number of aromatic nitrogens is 4. The monoisotopic (exact) mass is 477 g/mol. The Morgan fingerprint density at radius 3 is 2.45 bits per heavy atom. The number of fused-ring (bicyclic) bond motifs is 1. The number of carbonyl (C=O) groups is 1. The molecule has 0 aliphatic heterocycles. The Morgan fingerprint density at radius 2 is 1.85 bits per heavy atom. The highest BCUT2D eigenvalue weighted by Gasteiger charge is 2.35. The lowest BCUT2D eigenvalue weighted by molar-refractivity contribution is -0.141. The maximum atomic E-state index is 13.1. The number of hydrogen-bond acceptors (Lipinski definition) is 7. The molecule has 33 heavy (non-hydrogen) atoms. The van der Waals surface area contributed by atoms with Gasteiger partial charge in [0.15, 0.2) is 11.5 Å². The van der Waals surface area contributed by atoms with Crippen molar-refractivity contribution in [2.24, 2.45) is 0 Å². The molecule has 0 aliphatic carbocycles. The molecule has 3 N–H and O–H groups in total. The molecule has 0 radical (unpaired) electrons. The van der Waals surface area contributed by atoms with E-state index in [0.29, 0.717) is 18.7 Å². The number of hydrogen-bond donors (Lipinski definition) is 2. The molecular weight excluding hydrogens is 460 g/mol. The molecule has 0 aliphatic rings. The minimum absolute atomic E-state index is 0.0213. The van der Waals surface area contributed by atoms with Gasteiger partial charge in [-0.1, -0.05) is 0 Å². The molecule has 0 fully saturated rings. The summed E-state index contributed by atoms with van der Waals surface area (Å²) in [6, 6.07) is 1.25. The highest BCUT2D eigenvalue weighted by atomic mass is 19.4. The number of halogens is 6. The van der Waals surface area contributed by atoms with E-state index in [0.717, 1.165) is 16.9 Å². The van der Waals surface area contributed by atoms with E-state index < -0.39 is 46.7 Å². The number of nitrogens with zero attached hydrogens (tertiary/aromatic N) is 5. The van der Waals surface area contributed by atoms with Crippen LogP contribution < -0.4 is 15.8 Å². The first-order valence-corrected chi connectivity index (χ1v) is 9.15. The zero-order chi connectivity index (χ0) is 24.6. The Hall–Kier alpha value is -3.62. The fourth-order valence-corrected chi connectivity index (χ4v) is 2.65. The Bertz CT molecular complexity index is 1170. The number of rotatable bonds is 6. The number of pyridine rings is 1. The predicted octanol–water partition coefficient (Wildman–Crippen LogP) is 2.94. The third-order valence-electron chi connectivity index (χ3n) is 4.23. The van der Waals surface area contributed by atoms with Gasteiger partial charge < -0.3 is 20.7 Å². The predicted molar refractivity (Wildman–Crippen MR) is 104 cm³/mol. The molecule has 0 bridgehead atoms. The van der Waals surface area contributed by atoms with Gasteiger partial charge >= 0.3 is 12.4 Å². The number of nitrogens with one attached hydrogen (secondary N) is 1. The van der Waals surface area contributed by atoms with E-state index in [9.17, 15) is 31.1 Å². The number of likely N-dealkylation sites (N-methyl/N-ethyl adjacent to an activating group) is 1. The summed E-state index contributed by atoms with van der Waals surface area (Å²) in [5, 5.41) is 6.00. The van der Waals surface area contributed by atoms with Crippen LogP contribution in [0.25, 0.3) is 5.65 Å². The highest BCUT2D eigenvalue weighted by Crippen LogP contribution is 2.34. The fraction of sp³-hybridized carbons (Fsp3) is 0.333. The number of nitrogens with two attached hydrogens (primary N) is 1. The van der Waals surface area contributed by atoms with Gasteiger partial charge in [-0.15, -0.1) is 5.10 Å². The number of nitrogen functional groups attached to an aromatic ring is 1. The summed E-state index contributed by atoms with van der Waals surface area (Å²) in [6.07, 6.45) is -7.91. The fourth-order valence-electron chi connectivity index (χ4n) is 2.65. The van der Waals surface area contributed by atoms with E-state index in [-0.39, 0.29) is 18.0 Å². The van der Waals surface area contributed by atoms with Gasteiger partial charge in [0.1, 0.15) is 35.0 Å². The van der Waals surface area contributed by atoms with Crippen molar-refractivity contribution in [2.75, 3.05) is 38.3 Å². The standard InChI is InChI=1S/C18H17F6N7O2/c1-30(2)5-6-33-10-7-12(18(22,23)24)26-8-9(10)27-16(32)13-14(25)29-31-4-3-11(17(19,20)21)28-15(13)31/h3-4,7-8H,5-6H2,1-2H3,(H2,25,29)(H,27,32). The second-order valence-electron chi connectivity index (χ2n) is 7.01. The van der Waals surface area contributed by atoms with Crippen LogP contribution in [0.1, 0.15) is 21.7 Å². The summed E-state index contributed by atoms with van der Waals surface area (Å²) in [5.74, 6) is -1.84. The molecule has 178 valence electrons. The van der Waals surface area contributed by atoms with Crippen LogP contribution in [0, 0.1) is 0 Å². The molecule has 0 spiro atoms. The van der Waals surface area contributed by atoms with Crippen LogP contribution >= 0.6 is 0 Å². The van der Waals surface area contributed by atoms with Crippen LogP contribution in [0.2, 0.25) is 0 Å². The van der Waals surface area contributed by atoms with Crippen molar-refractivity contribution in [3.05, 3.63) is 41.5 Å². The Labute approximate surface area is 182 Å². The molecule has 3 aromatic heterocycles. The summed E-state index contributed by atoms with van der Waals surface area (Å²) in [6.45, 7) is 0.328. The van der Waals surface area contributed by atoms with E-state index >= 15 is 0 Å². The van der Waals surface area contributed by atoms with Gasteiger partial charge in [0, 0.05) is 18.8 Å². The molecule has 3 heterocycles. The van der Waals surface area contributed by atoms with Crippen LogP contribution in [0.5, 0.6) is 5.75 Å². The van der Waals surface area contributed by atoms with Crippen molar-refractivity contribution in [3.8, 4) is 5.75 Å². The van der Waals surface area contributed by atoms with Gasteiger partial charge in [-0.2, -0.15) is 26.3 Å². The molecule has 0 atom stereocenters. The molecule has 1 amide bonds. The third kappa shape index (κ3) is 5.42. The van der Waals surface area contributed by atoms with E-state index in [1.165, 1.54) is 0 Å². The van der Waals surface area contributed by atoms with Crippen molar-refractivity contribution in [3.63, 3.8) is 0 Å². The summed E-state index contributed by atoms with van der Waals surface area (Å²) in [4.78, 5) is 21.2. The Morgan fingerprint density at radius 1 is 1.18 bits per heavy atom. The maximum Gasteiger partial charge on any atom is 0.433 e. The van der Waals surface area contributed by atoms with Crippen LogP contribution in [-0.4, -0.2) is 57.6 Å². The van der Waals surface area contributed by atoms with Crippen LogP contribution in [-0.2, 0) is 12.4 Å². The second kappa shape index (κ2) is 8.73. The van der Waals surface area contributed by atoms with Crippen molar-refractivity contribution in [1.82, 2.24) is 24.5 Å². The minimum Gasteiger partial charge on any atom is -0.490 e. The Balaban J connectivity index is 1.98. The van der Waals surface area contributed by atoms with Crippen molar-refractivity contribution in [2.45, 2.75) is 12.4 Å². The molecule has 3 aromatic rings. The SMILES string of the molecule is CN(C)CCOc1cc(C(F)(F)F)ncc1NC(=O)c1c(N)nn2ccc(C(F)(F)F)nc12. The number of carbonyl (C=O) groups excluding carboxylic acids is 1. The highest BCUT2D eigenvalue weighted by molar-refractivity contribution is 6.12. The lowest BCUT2D eigenvalue weighted by atomic mass is 10.2. The quantitative estimate of drug-likeness (QED) is 0.526. The average molecular weight is 477 g/mol. The summed E-state index contributed by atoms with van der Waals surface area (Å²) < 4.78 is 84.5. The van der Waals surface area contributed by atoms with Crippen molar-refractivity contribution < 1.29 is 35.9 Å². The first kappa shape index (κ1) is 24.0. The van der Waals surface area contributed by atoms with Gasteiger partial charge in [0.2, 0.25) is 0 Å².